The van der Waals surface area contributed by atoms with Gasteiger partial charge in [0.2, 0.25) is 0 Å². The van der Waals surface area contributed by atoms with Gasteiger partial charge in [0, 0.05) is 13.0 Å². The fourth-order valence-corrected chi connectivity index (χ4v) is 1.80. The van der Waals surface area contributed by atoms with Gasteiger partial charge in [0.1, 0.15) is 0 Å². The van der Waals surface area contributed by atoms with Gasteiger partial charge in [0.25, 0.3) is 0 Å². The van der Waals surface area contributed by atoms with E-state index in [1.807, 2.05) is 0 Å². The second-order valence-corrected chi connectivity index (χ2v) is 4.52. The number of carboxylic acid groups (broad SMARTS) is 1. The molecule has 0 atom stereocenters. The van der Waals surface area contributed by atoms with Crippen LogP contribution in [0.2, 0.25) is 0 Å². The third-order valence-corrected chi connectivity index (χ3v) is 2.80. The van der Waals surface area contributed by atoms with Gasteiger partial charge in [0.15, 0.2) is 0 Å². The molecule has 0 aliphatic carbocycles. The molecule has 0 saturated carbocycles. The monoisotopic (exact) mass is 260 g/mol. The molecule has 0 amide bonds. The summed E-state index contributed by atoms with van der Waals surface area (Å²) in [6.07, 6.45) is 9.79. The van der Waals surface area contributed by atoms with Gasteiger partial charge in [-0.15, -0.1) is 0 Å². The first-order valence-electron chi connectivity index (χ1n) is 6.82. The van der Waals surface area contributed by atoms with E-state index in [2.05, 4.69) is 4.65 Å². The van der Waals surface area contributed by atoms with E-state index in [-0.39, 0.29) is 6.42 Å². The molecule has 0 unspecified atom stereocenters. The van der Waals surface area contributed by atoms with Crippen LogP contribution in [0.1, 0.15) is 64.2 Å². The molecule has 0 aromatic heterocycles. The van der Waals surface area contributed by atoms with Crippen molar-refractivity contribution in [3.05, 3.63) is 0 Å². The van der Waals surface area contributed by atoms with Gasteiger partial charge < -0.3 is 19.8 Å². The van der Waals surface area contributed by atoms with Crippen molar-refractivity contribution >= 4 is 13.3 Å². The van der Waals surface area contributed by atoms with Crippen LogP contribution in [-0.2, 0) is 9.45 Å². The summed E-state index contributed by atoms with van der Waals surface area (Å²) in [5.74, 6) is -0.704. The summed E-state index contributed by atoms with van der Waals surface area (Å²) in [6, 6.07) is 0. The lowest BCUT2D eigenvalue weighted by Gasteiger charge is -2.03. The molecule has 0 bridgehead atoms. The van der Waals surface area contributed by atoms with Gasteiger partial charge in [0.05, 0.1) is 0 Å². The highest BCUT2D eigenvalue weighted by atomic mass is 16.6. The van der Waals surface area contributed by atoms with E-state index >= 15 is 0 Å². The first kappa shape index (κ1) is 17.4. The molecular weight excluding hydrogens is 235 g/mol. The zero-order valence-electron chi connectivity index (χ0n) is 11.0. The SMILES string of the molecule is O=C(O)CCCCCCCCCCCOB(O)O. The third-order valence-electron chi connectivity index (χ3n) is 2.80. The number of hydrogen-bond acceptors (Lipinski definition) is 4. The van der Waals surface area contributed by atoms with Crippen molar-refractivity contribution in [2.24, 2.45) is 0 Å². The normalized spacial score (nSPS) is 10.6. The summed E-state index contributed by atoms with van der Waals surface area (Å²) in [5, 5.41) is 25.3. The second-order valence-electron chi connectivity index (χ2n) is 4.52. The Bertz CT molecular complexity index is 199. The van der Waals surface area contributed by atoms with Crippen LogP contribution in [0, 0.1) is 0 Å². The lowest BCUT2D eigenvalue weighted by Crippen LogP contribution is -2.17. The molecule has 106 valence electrons. The minimum absolute atomic E-state index is 0.288. The van der Waals surface area contributed by atoms with E-state index in [1.54, 1.807) is 0 Å². The van der Waals surface area contributed by atoms with Crippen molar-refractivity contribution in [1.29, 1.82) is 0 Å². The van der Waals surface area contributed by atoms with Crippen LogP contribution in [0.25, 0.3) is 0 Å². The Morgan fingerprint density at radius 3 is 1.72 bits per heavy atom. The molecule has 0 saturated heterocycles. The highest BCUT2D eigenvalue weighted by Crippen LogP contribution is 2.10. The predicted molar refractivity (Wildman–Crippen MR) is 69.9 cm³/mol. The Labute approximate surface area is 109 Å². The summed E-state index contributed by atoms with van der Waals surface area (Å²) >= 11 is 0. The zero-order chi connectivity index (χ0) is 13.6. The van der Waals surface area contributed by atoms with Crippen molar-refractivity contribution in [1.82, 2.24) is 0 Å². The maximum atomic E-state index is 10.3. The smallest absolute Gasteiger partial charge is 0.481 e. The van der Waals surface area contributed by atoms with Crippen LogP contribution in [0.4, 0.5) is 0 Å². The van der Waals surface area contributed by atoms with Crippen molar-refractivity contribution in [2.45, 2.75) is 64.2 Å². The fourth-order valence-electron chi connectivity index (χ4n) is 1.80. The largest absolute Gasteiger partial charge is 0.633 e. The van der Waals surface area contributed by atoms with Crippen LogP contribution in [0.5, 0.6) is 0 Å². The lowest BCUT2D eigenvalue weighted by atomic mass is 10.1. The van der Waals surface area contributed by atoms with E-state index in [0.717, 1.165) is 38.5 Å². The van der Waals surface area contributed by atoms with Gasteiger partial charge in [-0.1, -0.05) is 44.9 Å². The Hall–Kier alpha value is -0.585. The van der Waals surface area contributed by atoms with Crippen LogP contribution >= 0.6 is 0 Å². The fraction of sp³-hybridized carbons (Fsp3) is 0.917. The van der Waals surface area contributed by atoms with Gasteiger partial charge in [-0.25, -0.2) is 0 Å². The molecule has 0 rings (SSSR count). The number of hydrogen-bond donors (Lipinski definition) is 3. The van der Waals surface area contributed by atoms with Gasteiger partial charge in [-0.05, 0) is 12.8 Å². The van der Waals surface area contributed by atoms with E-state index in [4.69, 9.17) is 15.2 Å². The molecule has 18 heavy (non-hydrogen) atoms. The molecule has 0 aliphatic heterocycles. The topological polar surface area (TPSA) is 87.0 Å². The van der Waals surface area contributed by atoms with Crippen LogP contribution in [0.3, 0.4) is 0 Å². The number of unbranched alkanes of at least 4 members (excludes halogenated alkanes) is 8. The molecule has 0 radical (unpaired) electrons. The van der Waals surface area contributed by atoms with Gasteiger partial charge in [-0.2, -0.15) is 0 Å². The van der Waals surface area contributed by atoms with Crippen LogP contribution in [-0.4, -0.2) is 35.1 Å². The molecule has 0 fully saturated rings. The van der Waals surface area contributed by atoms with E-state index < -0.39 is 13.3 Å². The second kappa shape index (κ2) is 12.9. The van der Waals surface area contributed by atoms with Crippen molar-refractivity contribution in [3.8, 4) is 0 Å². The summed E-state index contributed by atoms with van der Waals surface area (Å²) in [5.41, 5.74) is 0. The number of rotatable bonds is 13. The van der Waals surface area contributed by atoms with Crippen molar-refractivity contribution in [2.75, 3.05) is 6.61 Å². The first-order chi connectivity index (χ1) is 8.63. The number of carboxylic acids is 1. The maximum Gasteiger partial charge on any atom is 0.633 e. The molecule has 0 aliphatic rings. The highest BCUT2D eigenvalue weighted by Gasteiger charge is 2.06. The minimum Gasteiger partial charge on any atom is -0.481 e. The average molecular weight is 260 g/mol. The molecule has 3 N–H and O–H groups in total. The number of carbonyl (C=O) groups is 1. The Kier molecular flexibility index (Phi) is 12.4. The van der Waals surface area contributed by atoms with Crippen molar-refractivity contribution < 1.29 is 24.6 Å². The molecule has 0 heterocycles. The third kappa shape index (κ3) is 15.4. The average Bonchev–Trinajstić information content (AvgIpc) is 2.29. The van der Waals surface area contributed by atoms with Gasteiger partial charge >= 0.3 is 13.3 Å². The predicted octanol–water partition coefficient (Wildman–Crippen LogP) is 1.96. The highest BCUT2D eigenvalue weighted by molar-refractivity contribution is 6.32. The molecule has 6 heteroatoms. The van der Waals surface area contributed by atoms with Gasteiger partial charge in [-0.3, -0.25) is 4.79 Å². The lowest BCUT2D eigenvalue weighted by molar-refractivity contribution is -0.137. The number of aliphatic carboxylic acids is 1. The summed E-state index contributed by atoms with van der Waals surface area (Å²) in [4.78, 5) is 10.3. The van der Waals surface area contributed by atoms with Crippen molar-refractivity contribution in [3.63, 3.8) is 0 Å². The van der Waals surface area contributed by atoms with E-state index in [0.29, 0.717) is 6.61 Å². The molecule has 5 nitrogen and oxygen atoms in total. The quantitative estimate of drug-likeness (QED) is 0.348. The Morgan fingerprint density at radius 2 is 1.28 bits per heavy atom. The van der Waals surface area contributed by atoms with Crippen LogP contribution < -0.4 is 0 Å². The first-order valence-corrected chi connectivity index (χ1v) is 6.82. The summed E-state index contributed by atoms with van der Waals surface area (Å²) < 4.78 is 4.60. The molecule has 0 spiro atoms. The summed E-state index contributed by atoms with van der Waals surface area (Å²) in [7, 11) is -1.64. The Balaban J connectivity index is 2.97. The minimum atomic E-state index is -1.64. The molecular formula is C12H25BO5. The zero-order valence-corrected chi connectivity index (χ0v) is 11.0. The van der Waals surface area contributed by atoms with Crippen LogP contribution in [0.15, 0.2) is 0 Å². The molecule has 0 aromatic rings. The standard InChI is InChI=1S/C12H25BO5/c14-12(15)10-8-6-4-2-1-3-5-7-9-11-18-13(16)17/h16-17H,1-11H2,(H,14,15). The summed E-state index contributed by atoms with van der Waals surface area (Å²) in [6.45, 7) is 0.396. The Morgan fingerprint density at radius 1 is 0.833 bits per heavy atom. The molecule has 0 aromatic carbocycles. The maximum absolute atomic E-state index is 10.3. The van der Waals surface area contributed by atoms with E-state index in [1.165, 1.54) is 19.3 Å². The van der Waals surface area contributed by atoms with E-state index in [9.17, 15) is 4.79 Å².